The highest BCUT2D eigenvalue weighted by Crippen LogP contribution is 2.14. The predicted molar refractivity (Wildman–Crippen MR) is 137 cm³/mol. The summed E-state index contributed by atoms with van der Waals surface area (Å²) in [5.74, 6) is 2.00. The zero-order valence-corrected chi connectivity index (χ0v) is 21.3. The van der Waals surface area contributed by atoms with Crippen molar-refractivity contribution in [2.75, 3.05) is 64.3 Å². The van der Waals surface area contributed by atoms with Crippen LogP contribution >= 0.6 is 24.0 Å². The Morgan fingerprint density at radius 2 is 1.83 bits per heavy atom. The number of halogens is 1. The van der Waals surface area contributed by atoms with Crippen LogP contribution in [0.5, 0.6) is 0 Å². The third kappa shape index (κ3) is 7.85. The van der Waals surface area contributed by atoms with Gasteiger partial charge in [-0.1, -0.05) is 13.0 Å². The fourth-order valence-electron chi connectivity index (χ4n) is 4.03. The van der Waals surface area contributed by atoms with Crippen LogP contribution < -0.4 is 15.5 Å². The van der Waals surface area contributed by atoms with Crippen molar-refractivity contribution in [3.05, 3.63) is 23.9 Å². The molecule has 2 saturated heterocycles. The summed E-state index contributed by atoms with van der Waals surface area (Å²) in [5, 5.41) is 7.03. The molecule has 3 rings (SSSR count). The lowest BCUT2D eigenvalue weighted by molar-refractivity contribution is 0.206. The van der Waals surface area contributed by atoms with Crippen LogP contribution in [0.25, 0.3) is 0 Å². The summed E-state index contributed by atoms with van der Waals surface area (Å²) in [6.07, 6.45) is 5.59. The second-order valence-electron chi connectivity index (χ2n) is 8.27. The molecule has 0 saturated carbocycles. The highest BCUT2D eigenvalue weighted by Gasteiger charge is 2.19. The molecule has 0 unspecified atom stereocenters. The number of rotatable bonds is 7. The van der Waals surface area contributed by atoms with E-state index in [1.807, 2.05) is 6.20 Å². The third-order valence-electron chi connectivity index (χ3n) is 5.87. The van der Waals surface area contributed by atoms with Gasteiger partial charge in [0, 0.05) is 58.1 Å². The zero-order valence-electron chi connectivity index (χ0n) is 18.9. The first-order valence-electron chi connectivity index (χ1n) is 11.3. The third-order valence-corrected chi connectivity index (χ3v) is 5.87. The normalized spacial score (nSPS) is 19.4. The maximum atomic E-state index is 4.81. The molecule has 0 radical (unpaired) electrons. The number of aromatic nitrogens is 1. The number of nitrogens with one attached hydrogen (secondary N) is 2. The number of likely N-dealkylation sites (N-methyl/N-ethyl adjacent to an activating group) is 1. The fourth-order valence-corrected chi connectivity index (χ4v) is 4.03. The van der Waals surface area contributed by atoms with Crippen LogP contribution in [0.2, 0.25) is 0 Å². The maximum Gasteiger partial charge on any atom is 0.191 e. The van der Waals surface area contributed by atoms with Crippen LogP contribution in [0.15, 0.2) is 23.3 Å². The molecule has 0 amide bonds. The average molecular weight is 530 g/mol. The topological polar surface area (TPSA) is 59.0 Å². The van der Waals surface area contributed by atoms with Crippen molar-refractivity contribution < 1.29 is 0 Å². The molecule has 2 aliphatic heterocycles. The van der Waals surface area contributed by atoms with Gasteiger partial charge in [0.25, 0.3) is 0 Å². The first-order chi connectivity index (χ1) is 14.2. The summed E-state index contributed by atoms with van der Waals surface area (Å²) >= 11 is 0. The number of hydrogen-bond donors (Lipinski definition) is 2. The lowest BCUT2D eigenvalue weighted by Crippen LogP contribution is -2.48. The summed E-state index contributed by atoms with van der Waals surface area (Å²) in [6, 6.07) is 4.82. The number of hydrogen-bond acceptors (Lipinski definition) is 5. The number of likely N-dealkylation sites (tertiary alicyclic amines) is 1. The van der Waals surface area contributed by atoms with Crippen LogP contribution in [0.3, 0.4) is 0 Å². The van der Waals surface area contributed by atoms with Crippen molar-refractivity contribution in [3.63, 3.8) is 0 Å². The predicted octanol–water partition coefficient (Wildman–Crippen LogP) is 2.38. The number of guanidine groups is 1. The quantitative estimate of drug-likeness (QED) is 0.322. The van der Waals surface area contributed by atoms with Crippen molar-refractivity contribution in [1.82, 2.24) is 25.4 Å². The molecule has 7 nitrogen and oxygen atoms in total. The molecular weight excluding hydrogens is 489 g/mol. The highest BCUT2D eigenvalue weighted by atomic mass is 127. The van der Waals surface area contributed by atoms with E-state index in [1.165, 1.54) is 38.9 Å². The lowest BCUT2D eigenvalue weighted by atomic mass is 10.1. The van der Waals surface area contributed by atoms with Crippen molar-refractivity contribution >= 4 is 35.8 Å². The van der Waals surface area contributed by atoms with Gasteiger partial charge < -0.3 is 25.3 Å². The van der Waals surface area contributed by atoms with E-state index in [0.29, 0.717) is 12.6 Å². The Bertz CT molecular complexity index is 621. The van der Waals surface area contributed by atoms with E-state index in [1.54, 1.807) is 0 Å². The number of aliphatic imine (C=N–C) groups is 1. The van der Waals surface area contributed by atoms with E-state index in [4.69, 9.17) is 4.99 Å². The molecule has 1 aromatic rings. The number of piperidine rings is 1. The van der Waals surface area contributed by atoms with E-state index < -0.39 is 0 Å². The summed E-state index contributed by atoms with van der Waals surface area (Å²) in [5.41, 5.74) is 1.15. The summed E-state index contributed by atoms with van der Waals surface area (Å²) in [4.78, 5) is 16.8. The molecule has 170 valence electrons. The van der Waals surface area contributed by atoms with Gasteiger partial charge in [0.15, 0.2) is 5.96 Å². The molecule has 3 heterocycles. The SMILES string of the molecule is CCCN1CCC(NC(=NCc2ccc(N3CCN(C)CC3)nc2)NCC)CC1.I. The molecule has 2 fully saturated rings. The smallest absolute Gasteiger partial charge is 0.191 e. The molecule has 30 heavy (non-hydrogen) atoms. The number of anilines is 1. The standard InChI is InChI=1S/C22H39N7.HI/c1-4-10-28-11-8-20(9-12-28)26-22(23-5-2)25-18-19-6-7-21(24-17-19)29-15-13-27(3)14-16-29;/h6-7,17,20H,4-5,8-16,18H2,1-3H3,(H2,23,25,26);1H. The molecule has 2 N–H and O–H groups in total. The van der Waals surface area contributed by atoms with Gasteiger partial charge in [-0.3, -0.25) is 0 Å². The first kappa shape index (κ1) is 25.1. The fraction of sp³-hybridized carbons (Fsp3) is 0.727. The number of pyridine rings is 1. The van der Waals surface area contributed by atoms with E-state index in [9.17, 15) is 0 Å². The Balaban J connectivity index is 0.00000320. The monoisotopic (exact) mass is 529 g/mol. The average Bonchev–Trinajstić information content (AvgIpc) is 2.75. The van der Waals surface area contributed by atoms with Crippen LogP contribution in [0.1, 0.15) is 38.7 Å². The molecular formula is C22H40IN7. The van der Waals surface area contributed by atoms with E-state index in [-0.39, 0.29) is 24.0 Å². The molecule has 2 aliphatic rings. The zero-order chi connectivity index (χ0) is 20.5. The second kappa shape index (κ2) is 13.3. The Morgan fingerprint density at radius 1 is 1.10 bits per heavy atom. The van der Waals surface area contributed by atoms with E-state index in [0.717, 1.165) is 50.1 Å². The van der Waals surface area contributed by atoms with Gasteiger partial charge >= 0.3 is 0 Å². The largest absolute Gasteiger partial charge is 0.357 e. The van der Waals surface area contributed by atoms with Crippen molar-refractivity contribution in [2.45, 2.75) is 45.7 Å². The van der Waals surface area contributed by atoms with E-state index in [2.05, 4.69) is 63.3 Å². The van der Waals surface area contributed by atoms with Gasteiger partial charge in [0.05, 0.1) is 6.54 Å². The Kier molecular flexibility index (Phi) is 11.2. The van der Waals surface area contributed by atoms with Crippen LogP contribution in [-0.4, -0.2) is 86.2 Å². The number of piperazine rings is 1. The summed E-state index contributed by atoms with van der Waals surface area (Å²) in [7, 11) is 2.18. The van der Waals surface area contributed by atoms with Gasteiger partial charge in [-0.15, -0.1) is 24.0 Å². The Labute approximate surface area is 199 Å². The minimum absolute atomic E-state index is 0. The van der Waals surface area contributed by atoms with Crippen molar-refractivity contribution in [1.29, 1.82) is 0 Å². The van der Waals surface area contributed by atoms with Gasteiger partial charge in [-0.2, -0.15) is 0 Å². The van der Waals surface area contributed by atoms with Crippen molar-refractivity contribution in [3.8, 4) is 0 Å². The van der Waals surface area contributed by atoms with Gasteiger partial charge in [0.2, 0.25) is 0 Å². The maximum absolute atomic E-state index is 4.81. The molecule has 0 aliphatic carbocycles. The molecule has 0 bridgehead atoms. The van der Waals surface area contributed by atoms with Crippen LogP contribution in [0.4, 0.5) is 5.82 Å². The van der Waals surface area contributed by atoms with Crippen LogP contribution in [-0.2, 0) is 6.54 Å². The number of nitrogens with zero attached hydrogens (tertiary/aromatic N) is 5. The second-order valence-corrected chi connectivity index (χ2v) is 8.27. The van der Waals surface area contributed by atoms with E-state index >= 15 is 0 Å². The van der Waals surface area contributed by atoms with Gasteiger partial charge in [-0.05, 0) is 51.4 Å². The molecule has 1 aromatic heterocycles. The highest BCUT2D eigenvalue weighted by molar-refractivity contribution is 14.0. The minimum Gasteiger partial charge on any atom is -0.357 e. The molecule has 0 atom stereocenters. The molecule has 0 spiro atoms. The summed E-state index contributed by atoms with van der Waals surface area (Å²) in [6.45, 7) is 13.8. The van der Waals surface area contributed by atoms with Gasteiger partial charge in [0.1, 0.15) is 5.82 Å². The minimum atomic E-state index is 0. The first-order valence-corrected chi connectivity index (χ1v) is 11.3. The van der Waals surface area contributed by atoms with Gasteiger partial charge in [-0.25, -0.2) is 9.98 Å². The van der Waals surface area contributed by atoms with Crippen molar-refractivity contribution in [2.24, 2.45) is 4.99 Å². The lowest BCUT2D eigenvalue weighted by Gasteiger charge is -2.33. The van der Waals surface area contributed by atoms with Crippen LogP contribution in [0, 0.1) is 0 Å². The Morgan fingerprint density at radius 3 is 2.43 bits per heavy atom. The molecule has 0 aromatic carbocycles. The Hall–Kier alpha value is -1.13. The molecule has 8 heteroatoms. The summed E-state index contributed by atoms with van der Waals surface area (Å²) < 4.78 is 0.